The van der Waals surface area contributed by atoms with Crippen molar-refractivity contribution in [3.63, 3.8) is 0 Å². The molecule has 0 radical (unpaired) electrons. The number of hydrogen-bond acceptors (Lipinski definition) is 2. The minimum Gasteiger partial charge on any atom is -0.278 e. The van der Waals surface area contributed by atoms with Gasteiger partial charge in [0.1, 0.15) is 0 Å². The first-order chi connectivity index (χ1) is 10.3. The van der Waals surface area contributed by atoms with E-state index in [-0.39, 0.29) is 5.91 Å². The van der Waals surface area contributed by atoms with E-state index in [1.54, 1.807) is 18.7 Å². The molecule has 0 unspecified atom stereocenters. The van der Waals surface area contributed by atoms with Crippen molar-refractivity contribution < 1.29 is 4.79 Å². The van der Waals surface area contributed by atoms with Crippen molar-refractivity contribution in [2.75, 3.05) is 4.90 Å². The Bertz CT molecular complexity index is 872. The Hall–Kier alpha value is -2.26. The number of hydrogen-bond donors (Lipinski definition) is 0. The van der Waals surface area contributed by atoms with Crippen molar-refractivity contribution >= 4 is 39.8 Å². The summed E-state index contributed by atoms with van der Waals surface area (Å²) in [6.07, 6.45) is 0. The van der Waals surface area contributed by atoms with Gasteiger partial charge in [-0.15, -0.1) is 0 Å². The van der Waals surface area contributed by atoms with E-state index in [1.807, 2.05) is 35.2 Å². The first-order valence-electron chi connectivity index (χ1n) is 6.85. The van der Waals surface area contributed by atoms with Crippen molar-refractivity contribution in [1.82, 2.24) is 0 Å². The van der Waals surface area contributed by atoms with Crippen LogP contribution in [0.5, 0.6) is 0 Å². The maximum Gasteiger partial charge on any atom is 0.228 e. The molecule has 0 saturated carbocycles. The van der Waals surface area contributed by atoms with Gasteiger partial charge in [0.15, 0.2) is 0 Å². The van der Waals surface area contributed by atoms with E-state index >= 15 is 0 Å². The Balaban J connectivity index is 2.08. The van der Waals surface area contributed by atoms with Crippen LogP contribution in [0.4, 0.5) is 11.4 Å². The van der Waals surface area contributed by atoms with Gasteiger partial charge in [-0.2, -0.15) is 0 Å². The molecular formula is C18H13NOS. The van der Waals surface area contributed by atoms with Crippen LogP contribution in [-0.4, -0.2) is 5.91 Å². The second kappa shape index (κ2) is 4.64. The highest BCUT2D eigenvalue weighted by Crippen LogP contribution is 2.50. The number of anilines is 2. The highest BCUT2D eigenvalue weighted by Gasteiger charge is 2.27. The van der Waals surface area contributed by atoms with E-state index in [9.17, 15) is 4.79 Å². The molecule has 3 aromatic carbocycles. The number of carbonyl (C=O) groups excluding carboxylic acids is 1. The quantitative estimate of drug-likeness (QED) is 0.581. The molecule has 1 amide bonds. The van der Waals surface area contributed by atoms with Crippen LogP contribution in [-0.2, 0) is 4.79 Å². The van der Waals surface area contributed by atoms with Crippen LogP contribution in [0, 0.1) is 0 Å². The smallest absolute Gasteiger partial charge is 0.228 e. The summed E-state index contributed by atoms with van der Waals surface area (Å²) in [4.78, 5) is 16.4. The van der Waals surface area contributed by atoms with Crippen LogP contribution in [0.1, 0.15) is 6.92 Å². The van der Waals surface area contributed by atoms with E-state index in [0.29, 0.717) is 0 Å². The van der Waals surface area contributed by atoms with E-state index < -0.39 is 0 Å². The maximum absolute atomic E-state index is 12.3. The molecule has 0 bridgehead atoms. The number of amides is 1. The third kappa shape index (κ3) is 1.85. The van der Waals surface area contributed by atoms with Gasteiger partial charge in [0.25, 0.3) is 0 Å². The fourth-order valence-electron chi connectivity index (χ4n) is 2.84. The standard InChI is InChI=1S/C18H13NOS/c1-12(20)19-15-8-4-5-9-16(15)21-17-11-10-13-6-2-3-7-14(13)18(17)19/h2-11H,1H3. The number of benzene rings is 3. The summed E-state index contributed by atoms with van der Waals surface area (Å²) >= 11 is 1.72. The van der Waals surface area contributed by atoms with E-state index in [4.69, 9.17) is 0 Å². The summed E-state index contributed by atoms with van der Waals surface area (Å²) in [5.41, 5.74) is 1.98. The van der Waals surface area contributed by atoms with Gasteiger partial charge < -0.3 is 0 Å². The third-order valence-corrected chi connectivity index (χ3v) is 4.84. The highest BCUT2D eigenvalue weighted by atomic mass is 32.2. The summed E-state index contributed by atoms with van der Waals surface area (Å²) in [6.45, 7) is 1.62. The Morgan fingerprint density at radius 1 is 0.905 bits per heavy atom. The average Bonchev–Trinajstić information content (AvgIpc) is 2.52. The third-order valence-electron chi connectivity index (χ3n) is 3.73. The van der Waals surface area contributed by atoms with Gasteiger partial charge in [0.05, 0.1) is 11.4 Å². The molecule has 1 aliphatic rings. The summed E-state index contributed by atoms with van der Waals surface area (Å²) in [6, 6.07) is 20.5. The summed E-state index contributed by atoms with van der Waals surface area (Å²) < 4.78 is 0. The summed E-state index contributed by atoms with van der Waals surface area (Å²) in [5.74, 6) is 0.0420. The van der Waals surface area contributed by atoms with Gasteiger partial charge in [0, 0.05) is 22.1 Å². The lowest BCUT2D eigenvalue weighted by Gasteiger charge is -2.31. The summed E-state index contributed by atoms with van der Waals surface area (Å²) in [5, 5.41) is 2.27. The average molecular weight is 291 g/mol. The first-order valence-corrected chi connectivity index (χ1v) is 7.67. The van der Waals surface area contributed by atoms with Crippen LogP contribution >= 0.6 is 11.8 Å². The van der Waals surface area contributed by atoms with Gasteiger partial charge >= 0.3 is 0 Å². The largest absolute Gasteiger partial charge is 0.278 e. The topological polar surface area (TPSA) is 20.3 Å². The van der Waals surface area contributed by atoms with Crippen molar-refractivity contribution in [2.24, 2.45) is 0 Å². The number of para-hydroxylation sites is 1. The zero-order valence-corrected chi connectivity index (χ0v) is 12.4. The summed E-state index contributed by atoms with van der Waals surface area (Å²) in [7, 11) is 0. The minimum absolute atomic E-state index is 0.0420. The molecule has 1 heterocycles. The Kier molecular flexibility index (Phi) is 2.76. The Morgan fingerprint density at radius 3 is 2.52 bits per heavy atom. The molecule has 3 heteroatoms. The van der Waals surface area contributed by atoms with Crippen molar-refractivity contribution in [3.8, 4) is 0 Å². The lowest BCUT2D eigenvalue weighted by Crippen LogP contribution is -2.25. The van der Waals surface area contributed by atoms with Crippen molar-refractivity contribution in [3.05, 3.63) is 60.7 Å². The van der Waals surface area contributed by atoms with Gasteiger partial charge in [-0.25, -0.2) is 0 Å². The zero-order valence-electron chi connectivity index (χ0n) is 11.5. The number of nitrogens with zero attached hydrogens (tertiary/aromatic N) is 1. The van der Waals surface area contributed by atoms with Crippen LogP contribution in [0.15, 0.2) is 70.5 Å². The molecule has 102 valence electrons. The molecule has 0 atom stereocenters. The second-order valence-electron chi connectivity index (χ2n) is 5.06. The molecular weight excluding hydrogens is 278 g/mol. The predicted octanol–water partition coefficient (Wildman–Crippen LogP) is 4.99. The lowest BCUT2D eigenvalue weighted by molar-refractivity contribution is -0.115. The lowest BCUT2D eigenvalue weighted by atomic mass is 10.1. The molecule has 3 aromatic rings. The zero-order chi connectivity index (χ0) is 14.4. The van der Waals surface area contributed by atoms with Crippen LogP contribution in [0.3, 0.4) is 0 Å². The van der Waals surface area contributed by atoms with E-state index in [0.717, 1.165) is 31.9 Å². The molecule has 0 fully saturated rings. The van der Waals surface area contributed by atoms with Crippen molar-refractivity contribution in [2.45, 2.75) is 16.7 Å². The molecule has 0 N–H and O–H groups in total. The fraction of sp³-hybridized carbons (Fsp3) is 0.0556. The van der Waals surface area contributed by atoms with Crippen LogP contribution in [0.25, 0.3) is 10.8 Å². The van der Waals surface area contributed by atoms with Crippen LogP contribution in [0.2, 0.25) is 0 Å². The molecule has 0 spiro atoms. The van der Waals surface area contributed by atoms with E-state index in [1.165, 1.54) is 0 Å². The normalized spacial score (nSPS) is 12.9. The SMILES string of the molecule is CC(=O)N1c2ccccc2Sc2ccc3ccccc3c21. The number of rotatable bonds is 0. The van der Waals surface area contributed by atoms with Gasteiger partial charge in [-0.3, -0.25) is 9.69 Å². The van der Waals surface area contributed by atoms with E-state index in [2.05, 4.69) is 30.3 Å². The molecule has 21 heavy (non-hydrogen) atoms. The van der Waals surface area contributed by atoms with Crippen LogP contribution < -0.4 is 4.90 Å². The predicted molar refractivity (Wildman–Crippen MR) is 87.3 cm³/mol. The molecule has 1 aliphatic heterocycles. The minimum atomic E-state index is 0.0420. The van der Waals surface area contributed by atoms with Gasteiger partial charge in [-0.05, 0) is 23.6 Å². The van der Waals surface area contributed by atoms with Gasteiger partial charge in [0.2, 0.25) is 5.91 Å². The molecule has 0 aliphatic carbocycles. The van der Waals surface area contributed by atoms with Gasteiger partial charge in [-0.1, -0.05) is 54.2 Å². The fourth-order valence-corrected chi connectivity index (χ4v) is 3.92. The Morgan fingerprint density at radius 2 is 1.67 bits per heavy atom. The Labute approximate surface area is 127 Å². The second-order valence-corrected chi connectivity index (χ2v) is 6.14. The molecule has 4 rings (SSSR count). The molecule has 0 aromatic heterocycles. The molecule has 0 saturated heterocycles. The van der Waals surface area contributed by atoms with Crippen molar-refractivity contribution in [1.29, 1.82) is 0 Å². The molecule has 2 nitrogen and oxygen atoms in total. The monoisotopic (exact) mass is 291 g/mol. The number of fused-ring (bicyclic) bond motifs is 4. The highest BCUT2D eigenvalue weighted by molar-refractivity contribution is 7.99. The first kappa shape index (κ1) is 12.5. The number of carbonyl (C=O) groups is 1. The maximum atomic E-state index is 12.3.